The SMILES string of the molecule is COc1cc(/C=C/C(=O)C(CC=C(C)C)C(=O)/C=C/c2ccc(OCC=C(C)C)c(OC)c2)ccc1OCC=C(C)C. The van der Waals surface area contributed by atoms with E-state index in [2.05, 4.69) is 0 Å². The predicted octanol–water partition coefficient (Wildman–Crippen LogP) is 8.23. The number of hydrogen-bond donors (Lipinski definition) is 0. The van der Waals surface area contributed by atoms with Crippen LogP contribution in [0.4, 0.5) is 0 Å². The van der Waals surface area contributed by atoms with Crippen molar-refractivity contribution in [1.29, 1.82) is 0 Å². The molecule has 224 valence electrons. The van der Waals surface area contributed by atoms with E-state index >= 15 is 0 Å². The van der Waals surface area contributed by atoms with Crippen molar-refractivity contribution in [2.75, 3.05) is 27.4 Å². The molecule has 0 unspecified atom stereocenters. The molecule has 42 heavy (non-hydrogen) atoms. The van der Waals surface area contributed by atoms with Crippen molar-refractivity contribution in [2.24, 2.45) is 5.92 Å². The zero-order valence-electron chi connectivity index (χ0n) is 26.2. The first-order valence-electron chi connectivity index (χ1n) is 14.0. The lowest BCUT2D eigenvalue weighted by Gasteiger charge is -2.11. The Hall–Kier alpha value is -4.32. The minimum absolute atomic E-state index is 0.273. The van der Waals surface area contributed by atoms with E-state index in [1.54, 1.807) is 38.5 Å². The first kappa shape index (κ1) is 33.9. The minimum Gasteiger partial charge on any atom is -0.493 e. The fraction of sp³-hybridized carbons (Fsp3) is 0.333. The predicted molar refractivity (Wildman–Crippen MR) is 171 cm³/mol. The molecule has 0 spiro atoms. The van der Waals surface area contributed by atoms with Crippen molar-refractivity contribution in [2.45, 2.75) is 48.0 Å². The van der Waals surface area contributed by atoms with Crippen LogP contribution in [0.1, 0.15) is 59.1 Å². The summed E-state index contributed by atoms with van der Waals surface area (Å²) in [5, 5.41) is 0. The van der Waals surface area contributed by atoms with E-state index < -0.39 is 5.92 Å². The number of rotatable bonds is 16. The third-order valence-electron chi connectivity index (χ3n) is 6.16. The molecule has 2 rings (SSSR count). The second kappa shape index (κ2) is 17.5. The molecule has 0 saturated heterocycles. The van der Waals surface area contributed by atoms with Crippen molar-refractivity contribution in [3.8, 4) is 23.0 Å². The molecule has 0 aromatic heterocycles. The summed E-state index contributed by atoms with van der Waals surface area (Å²) in [6.45, 7) is 12.8. The number of methoxy groups -OCH3 is 2. The Bertz CT molecular complexity index is 1270. The summed E-state index contributed by atoms with van der Waals surface area (Å²) >= 11 is 0. The molecular formula is C36H44O6. The summed E-state index contributed by atoms with van der Waals surface area (Å²) in [4.78, 5) is 26.5. The van der Waals surface area contributed by atoms with Gasteiger partial charge < -0.3 is 18.9 Å². The summed E-state index contributed by atoms with van der Waals surface area (Å²) in [5.74, 6) is 0.978. The summed E-state index contributed by atoms with van der Waals surface area (Å²) in [6.07, 6.45) is 12.5. The fourth-order valence-corrected chi connectivity index (χ4v) is 3.73. The monoisotopic (exact) mass is 572 g/mol. The van der Waals surface area contributed by atoms with Gasteiger partial charge in [0.05, 0.1) is 20.1 Å². The molecule has 0 amide bonds. The molecule has 2 aromatic rings. The van der Waals surface area contributed by atoms with E-state index in [9.17, 15) is 9.59 Å². The number of allylic oxidation sites excluding steroid dienone is 6. The third kappa shape index (κ3) is 11.7. The van der Waals surface area contributed by atoms with Crippen molar-refractivity contribution in [3.63, 3.8) is 0 Å². The molecule has 0 bridgehead atoms. The Morgan fingerprint density at radius 3 is 1.38 bits per heavy atom. The summed E-state index contributed by atoms with van der Waals surface area (Å²) in [5.41, 5.74) is 4.89. The lowest BCUT2D eigenvalue weighted by atomic mass is 9.92. The third-order valence-corrected chi connectivity index (χ3v) is 6.16. The highest BCUT2D eigenvalue weighted by atomic mass is 16.5. The molecule has 0 aliphatic carbocycles. The van der Waals surface area contributed by atoms with Gasteiger partial charge in [0.15, 0.2) is 34.6 Å². The van der Waals surface area contributed by atoms with Gasteiger partial charge in [-0.05, 0) is 108 Å². The van der Waals surface area contributed by atoms with Crippen LogP contribution < -0.4 is 18.9 Å². The van der Waals surface area contributed by atoms with Crippen LogP contribution in [-0.2, 0) is 9.59 Å². The number of benzene rings is 2. The lowest BCUT2D eigenvalue weighted by Crippen LogP contribution is -2.20. The zero-order valence-corrected chi connectivity index (χ0v) is 26.2. The van der Waals surface area contributed by atoms with Crippen LogP contribution in [0.2, 0.25) is 0 Å². The highest BCUT2D eigenvalue weighted by Crippen LogP contribution is 2.30. The molecule has 0 radical (unpaired) electrons. The Kier molecular flexibility index (Phi) is 14.1. The van der Waals surface area contributed by atoms with Crippen LogP contribution in [0, 0.1) is 5.92 Å². The molecule has 0 aliphatic heterocycles. The van der Waals surface area contributed by atoms with Gasteiger partial charge >= 0.3 is 0 Å². The summed E-state index contributed by atoms with van der Waals surface area (Å²) < 4.78 is 22.5. The van der Waals surface area contributed by atoms with E-state index in [1.165, 1.54) is 12.2 Å². The maximum absolute atomic E-state index is 13.2. The fourth-order valence-electron chi connectivity index (χ4n) is 3.73. The summed E-state index contributed by atoms with van der Waals surface area (Å²) in [7, 11) is 3.14. The Labute approximate surface area is 251 Å². The molecule has 2 aromatic carbocycles. The van der Waals surface area contributed by atoms with Crippen LogP contribution in [0.3, 0.4) is 0 Å². The van der Waals surface area contributed by atoms with Gasteiger partial charge in [-0.15, -0.1) is 0 Å². The van der Waals surface area contributed by atoms with Gasteiger partial charge in [-0.1, -0.05) is 47.1 Å². The van der Waals surface area contributed by atoms with E-state index in [1.807, 2.05) is 84.0 Å². The van der Waals surface area contributed by atoms with E-state index in [4.69, 9.17) is 18.9 Å². The second-order valence-electron chi connectivity index (χ2n) is 10.5. The molecular weight excluding hydrogens is 528 g/mol. The van der Waals surface area contributed by atoms with Gasteiger partial charge in [-0.2, -0.15) is 0 Å². The van der Waals surface area contributed by atoms with E-state index in [0.29, 0.717) is 42.6 Å². The molecule has 0 saturated carbocycles. The minimum atomic E-state index is -0.838. The first-order chi connectivity index (χ1) is 20.0. The Morgan fingerprint density at radius 1 is 0.619 bits per heavy atom. The number of carbonyl (C=O) groups is 2. The molecule has 0 aliphatic rings. The number of ketones is 2. The molecule has 0 N–H and O–H groups in total. The van der Waals surface area contributed by atoms with Gasteiger partial charge in [0.25, 0.3) is 0 Å². The largest absolute Gasteiger partial charge is 0.493 e. The highest BCUT2D eigenvalue weighted by molar-refractivity contribution is 6.13. The van der Waals surface area contributed by atoms with Crippen LogP contribution in [0.15, 0.2) is 83.5 Å². The van der Waals surface area contributed by atoms with Crippen molar-refractivity contribution in [3.05, 3.63) is 94.6 Å². The van der Waals surface area contributed by atoms with Crippen molar-refractivity contribution >= 4 is 23.7 Å². The number of hydrogen-bond acceptors (Lipinski definition) is 6. The van der Waals surface area contributed by atoms with Crippen molar-refractivity contribution in [1.82, 2.24) is 0 Å². The Morgan fingerprint density at radius 2 is 1.02 bits per heavy atom. The smallest absolute Gasteiger partial charge is 0.166 e. The summed E-state index contributed by atoms with van der Waals surface area (Å²) in [6, 6.07) is 10.9. The molecule has 6 nitrogen and oxygen atoms in total. The van der Waals surface area contributed by atoms with Crippen LogP contribution in [0.5, 0.6) is 23.0 Å². The highest BCUT2D eigenvalue weighted by Gasteiger charge is 2.21. The average Bonchev–Trinajstić information content (AvgIpc) is 2.95. The van der Waals surface area contributed by atoms with Gasteiger partial charge in [0.2, 0.25) is 0 Å². The lowest BCUT2D eigenvalue weighted by molar-refractivity contribution is -0.127. The molecule has 0 atom stereocenters. The van der Waals surface area contributed by atoms with Gasteiger partial charge in [-0.3, -0.25) is 9.59 Å². The van der Waals surface area contributed by atoms with Crippen LogP contribution >= 0.6 is 0 Å². The number of carbonyl (C=O) groups excluding carboxylic acids is 2. The maximum Gasteiger partial charge on any atom is 0.166 e. The van der Waals surface area contributed by atoms with Crippen LogP contribution in [0.25, 0.3) is 12.2 Å². The van der Waals surface area contributed by atoms with Gasteiger partial charge in [0.1, 0.15) is 13.2 Å². The topological polar surface area (TPSA) is 71.1 Å². The van der Waals surface area contributed by atoms with E-state index in [0.717, 1.165) is 27.8 Å². The Balaban J connectivity index is 2.20. The normalized spacial score (nSPS) is 10.9. The first-order valence-corrected chi connectivity index (χ1v) is 14.0. The number of ether oxygens (including phenoxy) is 4. The standard InChI is InChI=1S/C36H44O6/c1-25(2)9-14-30(31(37)15-10-28-12-17-33(35(23-28)39-7)41-21-19-26(3)4)32(38)16-11-29-13-18-34(36(24-29)40-8)42-22-20-27(5)6/h9-13,15-20,23-24,30H,14,21-22H2,1-8H3/b15-10+,16-11+. The molecule has 6 heteroatoms. The maximum atomic E-state index is 13.2. The zero-order chi connectivity index (χ0) is 31.1. The van der Waals surface area contributed by atoms with E-state index in [-0.39, 0.29) is 11.6 Å². The quantitative estimate of drug-likeness (QED) is 0.115. The second-order valence-corrected chi connectivity index (χ2v) is 10.5. The van der Waals surface area contributed by atoms with Gasteiger partial charge in [0, 0.05) is 0 Å². The average molecular weight is 573 g/mol. The molecule has 0 fully saturated rings. The molecule has 0 heterocycles. The van der Waals surface area contributed by atoms with Crippen LogP contribution in [-0.4, -0.2) is 39.0 Å². The van der Waals surface area contributed by atoms with Crippen molar-refractivity contribution < 1.29 is 28.5 Å². The van der Waals surface area contributed by atoms with Gasteiger partial charge in [-0.25, -0.2) is 0 Å².